The number of hydrogen-bond acceptors (Lipinski definition) is 4. The van der Waals surface area contributed by atoms with Crippen LogP contribution in [0, 0.1) is 0 Å². The maximum atomic E-state index is 5.63. The van der Waals surface area contributed by atoms with E-state index < -0.39 is 0 Å². The molecule has 90 valence electrons. The number of methoxy groups -OCH3 is 2. The molecule has 1 heterocycles. The van der Waals surface area contributed by atoms with E-state index in [0.717, 1.165) is 26.1 Å². The molecule has 4 nitrogen and oxygen atoms in total. The van der Waals surface area contributed by atoms with Crippen molar-refractivity contribution in [1.82, 2.24) is 4.90 Å². The molecule has 0 bridgehead atoms. The molecule has 0 aromatic carbocycles. The van der Waals surface area contributed by atoms with Gasteiger partial charge in [-0.3, -0.25) is 4.90 Å². The normalized spacial score (nSPS) is 23.6. The van der Waals surface area contributed by atoms with Crippen LogP contribution < -0.4 is 5.73 Å². The zero-order chi connectivity index (χ0) is 11.1. The summed E-state index contributed by atoms with van der Waals surface area (Å²) < 4.78 is 10.5. The Morgan fingerprint density at radius 1 is 1.33 bits per heavy atom. The molecule has 15 heavy (non-hydrogen) atoms. The molecule has 2 N–H and O–H groups in total. The van der Waals surface area contributed by atoms with E-state index in [1.807, 2.05) is 0 Å². The molecule has 0 saturated carbocycles. The molecule has 4 heteroatoms. The Hall–Kier alpha value is -0.160. The molecule has 1 aliphatic heterocycles. The molecule has 1 saturated heterocycles. The molecule has 1 rings (SSSR count). The van der Waals surface area contributed by atoms with E-state index in [9.17, 15) is 0 Å². The zero-order valence-electron chi connectivity index (χ0n) is 9.95. The van der Waals surface area contributed by atoms with Gasteiger partial charge in [0.15, 0.2) is 6.29 Å². The van der Waals surface area contributed by atoms with Crippen LogP contribution in [0.15, 0.2) is 0 Å². The van der Waals surface area contributed by atoms with E-state index in [-0.39, 0.29) is 6.29 Å². The van der Waals surface area contributed by atoms with Gasteiger partial charge < -0.3 is 15.2 Å². The molecular weight excluding hydrogens is 192 g/mol. The second kappa shape index (κ2) is 7.17. The van der Waals surface area contributed by atoms with E-state index in [2.05, 4.69) is 4.90 Å². The monoisotopic (exact) mass is 216 g/mol. The minimum Gasteiger partial charge on any atom is -0.355 e. The highest BCUT2D eigenvalue weighted by Gasteiger charge is 2.24. The summed E-state index contributed by atoms with van der Waals surface area (Å²) in [6, 6.07) is 0.622. The molecule has 1 fully saturated rings. The molecule has 0 amide bonds. The van der Waals surface area contributed by atoms with Crippen LogP contribution in [0.2, 0.25) is 0 Å². The van der Waals surface area contributed by atoms with Crippen LogP contribution in [0.3, 0.4) is 0 Å². The van der Waals surface area contributed by atoms with Crippen molar-refractivity contribution in [1.29, 1.82) is 0 Å². The fraction of sp³-hybridized carbons (Fsp3) is 1.00. The van der Waals surface area contributed by atoms with Crippen LogP contribution >= 0.6 is 0 Å². The van der Waals surface area contributed by atoms with E-state index >= 15 is 0 Å². The summed E-state index contributed by atoms with van der Waals surface area (Å²) in [5, 5.41) is 0. The quantitative estimate of drug-likeness (QED) is 0.667. The summed E-state index contributed by atoms with van der Waals surface area (Å²) in [7, 11) is 3.38. The molecule has 0 aromatic heterocycles. The van der Waals surface area contributed by atoms with Crippen molar-refractivity contribution >= 4 is 0 Å². The fourth-order valence-electron chi connectivity index (χ4n) is 2.26. The van der Waals surface area contributed by atoms with Gasteiger partial charge in [-0.1, -0.05) is 6.42 Å². The maximum absolute atomic E-state index is 5.63. The predicted molar refractivity (Wildman–Crippen MR) is 60.7 cm³/mol. The van der Waals surface area contributed by atoms with Gasteiger partial charge in [0.25, 0.3) is 0 Å². The van der Waals surface area contributed by atoms with E-state index in [4.69, 9.17) is 15.2 Å². The Balaban J connectivity index is 2.40. The SMILES string of the molecule is COC(CN1CCCCC1CCN)OC. The Kier molecular flexibility index (Phi) is 6.17. The lowest BCUT2D eigenvalue weighted by Gasteiger charge is -2.37. The van der Waals surface area contributed by atoms with Gasteiger partial charge in [0.1, 0.15) is 0 Å². The highest BCUT2D eigenvalue weighted by Crippen LogP contribution is 2.19. The molecular formula is C11H24N2O2. The third kappa shape index (κ3) is 4.07. The Bertz CT molecular complexity index is 161. The summed E-state index contributed by atoms with van der Waals surface area (Å²) in [6.07, 6.45) is 4.84. The van der Waals surface area contributed by atoms with Gasteiger partial charge in [0.2, 0.25) is 0 Å². The van der Waals surface area contributed by atoms with Crippen molar-refractivity contribution < 1.29 is 9.47 Å². The molecule has 0 aliphatic carbocycles. The number of likely N-dealkylation sites (tertiary alicyclic amines) is 1. The van der Waals surface area contributed by atoms with E-state index in [1.54, 1.807) is 14.2 Å². The molecule has 1 unspecified atom stereocenters. The maximum Gasteiger partial charge on any atom is 0.169 e. The third-order valence-electron chi connectivity index (χ3n) is 3.16. The van der Waals surface area contributed by atoms with Crippen LogP contribution in [-0.4, -0.2) is 51.1 Å². The largest absolute Gasteiger partial charge is 0.355 e. The summed E-state index contributed by atoms with van der Waals surface area (Å²) in [4.78, 5) is 2.45. The fourth-order valence-corrected chi connectivity index (χ4v) is 2.26. The predicted octanol–water partition coefficient (Wildman–Crippen LogP) is 0.809. The van der Waals surface area contributed by atoms with Gasteiger partial charge in [-0.15, -0.1) is 0 Å². The summed E-state index contributed by atoms with van der Waals surface area (Å²) in [5.41, 5.74) is 5.63. The number of nitrogens with zero attached hydrogens (tertiary/aromatic N) is 1. The lowest BCUT2D eigenvalue weighted by molar-refractivity contribution is -0.123. The Labute approximate surface area is 92.7 Å². The van der Waals surface area contributed by atoms with Crippen molar-refractivity contribution in [3.63, 3.8) is 0 Å². The van der Waals surface area contributed by atoms with Gasteiger partial charge in [0, 0.05) is 26.8 Å². The first kappa shape index (κ1) is 12.9. The Morgan fingerprint density at radius 3 is 2.67 bits per heavy atom. The standard InChI is InChI=1S/C11H24N2O2/c1-14-11(15-2)9-13-8-4-3-5-10(13)6-7-12/h10-11H,3-9,12H2,1-2H3. The second-order valence-corrected chi connectivity index (χ2v) is 4.12. The van der Waals surface area contributed by atoms with Crippen LogP contribution in [-0.2, 0) is 9.47 Å². The van der Waals surface area contributed by atoms with Gasteiger partial charge >= 0.3 is 0 Å². The number of ether oxygens (including phenoxy) is 2. The van der Waals surface area contributed by atoms with Crippen molar-refractivity contribution in [3.05, 3.63) is 0 Å². The number of hydrogen-bond donors (Lipinski definition) is 1. The topological polar surface area (TPSA) is 47.7 Å². The van der Waals surface area contributed by atoms with Crippen LogP contribution in [0.4, 0.5) is 0 Å². The van der Waals surface area contributed by atoms with Crippen LogP contribution in [0.1, 0.15) is 25.7 Å². The van der Waals surface area contributed by atoms with Crippen molar-refractivity contribution in [2.75, 3.05) is 33.9 Å². The zero-order valence-corrected chi connectivity index (χ0v) is 9.95. The van der Waals surface area contributed by atoms with Crippen molar-refractivity contribution in [2.45, 2.75) is 38.0 Å². The molecule has 1 atom stereocenters. The van der Waals surface area contributed by atoms with Gasteiger partial charge in [0.05, 0.1) is 0 Å². The molecule has 0 spiro atoms. The minimum absolute atomic E-state index is 0.108. The van der Waals surface area contributed by atoms with Gasteiger partial charge in [-0.05, 0) is 32.4 Å². The highest BCUT2D eigenvalue weighted by atomic mass is 16.7. The van der Waals surface area contributed by atoms with Gasteiger partial charge in [-0.25, -0.2) is 0 Å². The number of nitrogens with two attached hydrogens (primary N) is 1. The minimum atomic E-state index is -0.108. The summed E-state index contributed by atoms with van der Waals surface area (Å²) in [5.74, 6) is 0. The smallest absolute Gasteiger partial charge is 0.169 e. The van der Waals surface area contributed by atoms with Gasteiger partial charge in [-0.2, -0.15) is 0 Å². The van der Waals surface area contributed by atoms with Crippen molar-refractivity contribution in [2.24, 2.45) is 5.73 Å². The van der Waals surface area contributed by atoms with E-state index in [0.29, 0.717) is 6.04 Å². The van der Waals surface area contributed by atoms with Crippen molar-refractivity contribution in [3.8, 4) is 0 Å². The highest BCUT2D eigenvalue weighted by molar-refractivity contribution is 4.77. The van der Waals surface area contributed by atoms with Crippen LogP contribution in [0.25, 0.3) is 0 Å². The first-order valence-corrected chi connectivity index (χ1v) is 5.81. The lowest BCUT2D eigenvalue weighted by atomic mass is 9.99. The summed E-state index contributed by atoms with van der Waals surface area (Å²) >= 11 is 0. The number of rotatable bonds is 6. The molecule has 0 aromatic rings. The van der Waals surface area contributed by atoms with E-state index in [1.165, 1.54) is 19.3 Å². The first-order valence-electron chi connectivity index (χ1n) is 5.81. The lowest BCUT2D eigenvalue weighted by Crippen LogP contribution is -2.45. The molecule has 1 aliphatic rings. The average Bonchev–Trinajstić information content (AvgIpc) is 2.28. The Morgan fingerprint density at radius 2 is 2.07 bits per heavy atom. The average molecular weight is 216 g/mol. The second-order valence-electron chi connectivity index (χ2n) is 4.12. The summed E-state index contributed by atoms with van der Waals surface area (Å²) in [6.45, 7) is 2.78. The first-order chi connectivity index (χ1) is 7.31. The van der Waals surface area contributed by atoms with Crippen LogP contribution in [0.5, 0.6) is 0 Å². The molecule has 0 radical (unpaired) electrons. The third-order valence-corrected chi connectivity index (χ3v) is 3.16. The number of piperidine rings is 1.